The molecule has 21 heavy (non-hydrogen) atoms. The van der Waals surface area contributed by atoms with E-state index in [1.54, 1.807) is 0 Å². The number of imidazole rings is 1. The number of aromatic nitrogens is 2. The largest absolute Gasteiger partial charge is 0.490 e. The summed E-state index contributed by atoms with van der Waals surface area (Å²) in [6.45, 7) is 3.23. The van der Waals surface area contributed by atoms with Crippen LogP contribution in [-0.2, 0) is 11.2 Å². The van der Waals surface area contributed by atoms with E-state index < -0.39 is 0 Å². The predicted octanol–water partition coefficient (Wildman–Crippen LogP) is 2.19. The Bertz CT molecular complexity index is 631. The van der Waals surface area contributed by atoms with E-state index in [0.29, 0.717) is 13.2 Å². The van der Waals surface area contributed by atoms with Gasteiger partial charge in [0.05, 0.1) is 12.3 Å². The lowest BCUT2D eigenvalue weighted by molar-refractivity contribution is -0.127. The lowest BCUT2D eigenvalue weighted by atomic mass is 9.85. The van der Waals surface area contributed by atoms with Gasteiger partial charge in [-0.05, 0) is 31.9 Å². The zero-order chi connectivity index (χ0) is 14.7. The van der Waals surface area contributed by atoms with Crippen molar-refractivity contribution in [1.29, 1.82) is 0 Å². The average Bonchev–Trinajstić information content (AvgIpc) is 2.81. The fourth-order valence-corrected chi connectivity index (χ4v) is 2.56. The van der Waals surface area contributed by atoms with Crippen molar-refractivity contribution in [2.45, 2.75) is 32.6 Å². The number of fused-ring (bicyclic) bond motifs is 1. The molecule has 1 amide bonds. The second kappa shape index (κ2) is 6.16. The second-order valence-electron chi connectivity index (χ2n) is 5.44. The Morgan fingerprint density at radius 1 is 1.52 bits per heavy atom. The minimum atomic E-state index is 0.194. The normalized spacial score (nSPS) is 14.9. The molecule has 5 nitrogen and oxygen atoms in total. The Morgan fingerprint density at radius 3 is 3.10 bits per heavy atom. The van der Waals surface area contributed by atoms with Gasteiger partial charge in [-0.25, -0.2) is 4.98 Å². The minimum absolute atomic E-state index is 0.194. The molecule has 0 radical (unpaired) electrons. The van der Waals surface area contributed by atoms with E-state index in [1.165, 1.54) is 6.42 Å². The first-order chi connectivity index (χ1) is 10.3. The summed E-state index contributed by atoms with van der Waals surface area (Å²) in [4.78, 5) is 16.4. The van der Waals surface area contributed by atoms with E-state index in [-0.39, 0.29) is 11.8 Å². The summed E-state index contributed by atoms with van der Waals surface area (Å²) in [5.41, 5.74) is 1.80. The number of nitrogens with zero attached hydrogens (tertiary/aromatic N) is 2. The van der Waals surface area contributed by atoms with Gasteiger partial charge in [0, 0.05) is 31.3 Å². The Balaban J connectivity index is 1.61. The number of carbonyl (C=O) groups excluding carboxylic acids is 1. The van der Waals surface area contributed by atoms with Crippen LogP contribution in [-0.4, -0.2) is 28.4 Å². The van der Waals surface area contributed by atoms with Gasteiger partial charge in [-0.15, -0.1) is 0 Å². The lowest BCUT2D eigenvalue weighted by Gasteiger charge is -2.23. The molecule has 1 aliphatic rings. The standard InChI is InChI=1S/C16H21N3O2/c1-2-21-14-7-4-10-19-11-13(18-15(14)19)8-9-17-16(20)12-5-3-6-12/h4,7,10-12H,2-3,5-6,8-9H2,1H3,(H,17,20). The number of pyridine rings is 1. The molecule has 2 aromatic heterocycles. The molecule has 3 rings (SSSR count). The minimum Gasteiger partial charge on any atom is -0.490 e. The van der Waals surface area contributed by atoms with Crippen LogP contribution in [0, 0.1) is 5.92 Å². The van der Waals surface area contributed by atoms with Crippen LogP contribution in [0.2, 0.25) is 0 Å². The summed E-state index contributed by atoms with van der Waals surface area (Å²) < 4.78 is 7.54. The zero-order valence-electron chi connectivity index (χ0n) is 12.3. The van der Waals surface area contributed by atoms with E-state index in [1.807, 2.05) is 35.9 Å². The summed E-state index contributed by atoms with van der Waals surface area (Å²) in [5.74, 6) is 1.24. The van der Waals surface area contributed by atoms with Gasteiger partial charge in [-0.1, -0.05) is 6.42 Å². The van der Waals surface area contributed by atoms with E-state index in [9.17, 15) is 4.79 Å². The van der Waals surface area contributed by atoms with Crippen molar-refractivity contribution < 1.29 is 9.53 Å². The van der Waals surface area contributed by atoms with E-state index >= 15 is 0 Å². The third-order valence-corrected chi connectivity index (χ3v) is 3.95. The monoisotopic (exact) mass is 287 g/mol. The molecule has 1 fully saturated rings. The highest BCUT2D eigenvalue weighted by Crippen LogP contribution is 2.26. The topological polar surface area (TPSA) is 55.6 Å². The smallest absolute Gasteiger partial charge is 0.223 e. The fourth-order valence-electron chi connectivity index (χ4n) is 2.56. The van der Waals surface area contributed by atoms with Crippen molar-refractivity contribution in [3.8, 4) is 5.75 Å². The third-order valence-electron chi connectivity index (χ3n) is 3.95. The van der Waals surface area contributed by atoms with E-state index in [2.05, 4.69) is 10.3 Å². The summed E-state index contributed by atoms with van der Waals surface area (Å²) in [5, 5.41) is 3.00. The highest BCUT2D eigenvalue weighted by atomic mass is 16.5. The summed E-state index contributed by atoms with van der Waals surface area (Å²) >= 11 is 0. The maximum Gasteiger partial charge on any atom is 0.223 e. The number of ether oxygens (including phenoxy) is 1. The fraction of sp³-hybridized carbons (Fsp3) is 0.500. The van der Waals surface area contributed by atoms with Gasteiger partial charge in [0.2, 0.25) is 5.91 Å². The van der Waals surface area contributed by atoms with Crippen molar-refractivity contribution in [2.75, 3.05) is 13.2 Å². The lowest BCUT2D eigenvalue weighted by Crippen LogP contribution is -2.35. The molecule has 0 aliphatic heterocycles. The Labute approximate surface area is 124 Å². The van der Waals surface area contributed by atoms with Crippen molar-refractivity contribution in [2.24, 2.45) is 5.92 Å². The first kappa shape index (κ1) is 13.9. The number of carbonyl (C=O) groups is 1. The molecule has 0 aromatic carbocycles. The predicted molar refractivity (Wildman–Crippen MR) is 80.4 cm³/mol. The van der Waals surface area contributed by atoms with Crippen LogP contribution in [0.25, 0.3) is 5.65 Å². The number of hydrogen-bond donors (Lipinski definition) is 1. The Kier molecular flexibility index (Phi) is 4.08. The second-order valence-corrected chi connectivity index (χ2v) is 5.44. The van der Waals surface area contributed by atoms with Gasteiger partial charge >= 0.3 is 0 Å². The van der Waals surface area contributed by atoms with Crippen LogP contribution in [0.1, 0.15) is 31.9 Å². The van der Waals surface area contributed by atoms with Crippen molar-refractivity contribution in [3.63, 3.8) is 0 Å². The first-order valence-electron chi connectivity index (χ1n) is 7.65. The van der Waals surface area contributed by atoms with Crippen LogP contribution in [0.3, 0.4) is 0 Å². The zero-order valence-corrected chi connectivity index (χ0v) is 12.3. The van der Waals surface area contributed by atoms with Gasteiger partial charge in [0.15, 0.2) is 11.4 Å². The molecule has 0 bridgehead atoms. The van der Waals surface area contributed by atoms with Crippen LogP contribution in [0.15, 0.2) is 24.5 Å². The average molecular weight is 287 g/mol. The van der Waals surface area contributed by atoms with E-state index in [4.69, 9.17) is 4.74 Å². The van der Waals surface area contributed by atoms with Gasteiger partial charge in [-0.3, -0.25) is 4.79 Å². The van der Waals surface area contributed by atoms with Crippen LogP contribution in [0.4, 0.5) is 0 Å². The molecule has 2 heterocycles. The van der Waals surface area contributed by atoms with Gasteiger partial charge in [0.1, 0.15) is 0 Å². The molecular formula is C16H21N3O2. The Morgan fingerprint density at radius 2 is 2.38 bits per heavy atom. The molecule has 0 saturated heterocycles. The quantitative estimate of drug-likeness (QED) is 0.886. The Hall–Kier alpha value is -2.04. The highest BCUT2D eigenvalue weighted by Gasteiger charge is 2.24. The first-order valence-corrected chi connectivity index (χ1v) is 7.65. The van der Waals surface area contributed by atoms with Gasteiger partial charge in [-0.2, -0.15) is 0 Å². The van der Waals surface area contributed by atoms with Crippen molar-refractivity contribution >= 4 is 11.6 Å². The molecule has 1 saturated carbocycles. The molecule has 2 aromatic rings. The van der Waals surface area contributed by atoms with Crippen molar-refractivity contribution in [3.05, 3.63) is 30.2 Å². The molecule has 112 valence electrons. The summed E-state index contributed by atoms with van der Waals surface area (Å²) in [7, 11) is 0. The molecule has 5 heteroatoms. The molecule has 0 unspecified atom stereocenters. The molecular weight excluding hydrogens is 266 g/mol. The van der Waals surface area contributed by atoms with E-state index in [0.717, 1.165) is 36.4 Å². The van der Waals surface area contributed by atoms with Gasteiger partial charge < -0.3 is 14.5 Å². The van der Waals surface area contributed by atoms with Crippen LogP contribution in [0.5, 0.6) is 5.75 Å². The number of rotatable bonds is 6. The maximum atomic E-state index is 11.8. The SMILES string of the molecule is CCOc1cccn2cc(CCNC(=O)C3CCC3)nc12. The third kappa shape index (κ3) is 3.01. The number of amides is 1. The highest BCUT2D eigenvalue weighted by molar-refractivity contribution is 5.79. The molecule has 1 aliphatic carbocycles. The van der Waals surface area contributed by atoms with Crippen molar-refractivity contribution in [1.82, 2.24) is 14.7 Å². The van der Waals surface area contributed by atoms with Crippen LogP contribution >= 0.6 is 0 Å². The number of nitrogens with one attached hydrogen (secondary N) is 1. The molecule has 0 atom stereocenters. The van der Waals surface area contributed by atoms with Crippen LogP contribution < -0.4 is 10.1 Å². The van der Waals surface area contributed by atoms with Gasteiger partial charge in [0.25, 0.3) is 0 Å². The molecule has 1 N–H and O–H groups in total. The maximum absolute atomic E-state index is 11.8. The molecule has 0 spiro atoms. The number of hydrogen-bond acceptors (Lipinski definition) is 3. The summed E-state index contributed by atoms with van der Waals surface area (Å²) in [6, 6.07) is 3.87. The summed E-state index contributed by atoms with van der Waals surface area (Å²) in [6.07, 6.45) is 7.96.